The van der Waals surface area contributed by atoms with E-state index in [1.54, 1.807) is 86.0 Å². The molecule has 0 radical (unpaired) electrons. The van der Waals surface area contributed by atoms with E-state index in [1.165, 1.54) is 6.21 Å². The fourth-order valence-electron chi connectivity index (χ4n) is 4.50. The molecule has 0 spiro atoms. The van der Waals surface area contributed by atoms with Gasteiger partial charge < -0.3 is 19.2 Å². The summed E-state index contributed by atoms with van der Waals surface area (Å²) in [7, 11) is 1.57. The van der Waals surface area contributed by atoms with Crippen LogP contribution < -0.4 is 20.3 Å². The number of methoxy groups -OCH3 is 1. The van der Waals surface area contributed by atoms with Crippen molar-refractivity contribution >= 4 is 74.5 Å². The Labute approximate surface area is 265 Å². The van der Waals surface area contributed by atoms with Crippen LogP contribution in [0.1, 0.15) is 5.56 Å². The van der Waals surface area contributed by atoms with Crippen molar-refractivity contribution in [1.29, 1.82) is 0 Å². The number of carbonyl (C=O) groups is 1. The number of anilines is 1. The minimum absolute atomic E-state index is 0.123. The highest BCUT2D eigenvalue weighted by molar-refractivity contribution is 6.37. The summed E-state index contributed by atoms with van der Waals surface area (Å²) in [6, 6.07) is 23.9. The molecular weight excluding hydrogens is 627 g/mol. The molecule has 1 N–H and O–H groups in total. The van der Waals surface area contributed by atoms with E-state index in [9.17, 15) is 9.59 Å². The van der Waals surface area contributed by atoms with E-state index in [1.807, 2.05) is 6.07 Å². The van der Waals surface area contributed by atoms with Gasteiger partial charge in [-0.15, -0.1) is 0 Å². The molecule has 220 valence electrons. The van der Waals surface area contributed by atoms with Crippen LogP contribution >= 0.6 is 34.8 Å². The first-order chi connectivity index (χ1) is 21.3. The van der Waals surface area contributed by atoms with Crippen molar-refractivity contribution in [3.8, 4) is 23.1 Å². The van der Waals surface area contributed by atoms with Gasteiger partial charge in [0.2, 0.25) is 5.82 Å². The molecule has 0 unspecified atom stereocenters. The van der Waals surface area contributed by atoms with Crippen LogP contribution in [0.4, 0.5) is 5.69 Å². The molecule has 4 aromatic carbocycles. The van der Waals surface area contributed by atoms with E-state index < -0.39 is 11.5 Å². The van der Waals surface area contributed by atoms with Gasteiger partial charge in [-0.05, 0) is 72.3 Å². The van der Waals surface area contributed by atoms with Gasteiger partial charge in [0.15, 0.2) is 18.1 Å². The fourth-order valence-corrected chi connectivity index (χ4v) is 5.24. The number of nitrogens with one attached hydrogen (secondary N) is 1. The van der Waals surface area contributed by atoms with Gasteiger partial charge >= 0.3 is 0 Å². The number of hydrogen-bond acceptors (Lipinski definition) is 7. The van der Waals surface area contributed by atoms with Crippen LogP contribution in [0.3, 0.4) is 0 Å². The number of rotatable bonds is 8. The number of furan rings is 1. The molecule has 12 heteroatoms. The second-order valence-corrected chi connectivity index (χ2v) is 10.7. The van der Waals surface area contributed by atoms with Crippen molar-refractivity contribution < 1.29 is 18.7 Å². The van der Waals surface area contributed by atoms with Gasteiger partial charge in [0.25, 0.3) is 11.5 Å². The van der Waals surface area contributed by atoms with E-state index in [2.05, 4.69) is 10.4 Å². The normalized spacial score (nSPS) is 11.4. The van der Waals surface area contributed by atoms with Crippen LogP contribution in [0.25, 0.3) is 33.5 Å². The summed E-state index contributed by atoms with van der Waals surface area (Å²) < 4.78 is 18.3. The van der Waals surface area contributed by atoms with E-state index >= 15 is 0 Å². The van der Waals surface area contributed by atoms with Gasteiger partial charge in [-0.3, -0.25) is 9.59 Å². The Hall–Kier alpha value is -4.83. The van der Waals surface area contributed by atoms with Gasteiger partial charge in [-0.1, -0.05) is 53.0 Å². The Kier molecular flexibility index (Phi) is 8.25. The van der Waals surface area contributed by atoms with Crippen molar-refractivity contribution in [2.24, 2.45) is 5.10 Å². The highest BCUT2D eigenvalue weighted by atomic mass is 35.5. The van der Waals surface area contributed by atoms with Crippen molar-refractivity contribution in [1.82, 2.24) is 9.66 Å². The van der Waals surface area contributed by atoms with Gasteiger partial charge in [-0.25, -0.2) is 4.98 Å². The maximum atomic E-state index is 13.6. The van der Waals surface area contributed by atoms with Crippen molar-refractivity contribution in [2.75, 3.05) is 19.0 Å². The lowest BCUT2D eigenvalue weighted by Gasteiger charge is -2.11. The Bertz CT molecular complexity index is 2100. The molecule has 1 amide bonds. The van der Waals surface area contributed by atoms with E-state index in [0.717, 1.165) is 10.1 Å². The Morgan fingerprint density at radius 2 is 1.73 bits per heavy atom. The third-order valence-electron chi connectivity index (χ3n) is 6.53. The first kappa shape index (κ1) is 29.3. The molecule has 2 aromatic heterocycles. The highest BCUT2D eigenvalue weighted by Gasteiger charge is 2.18. The SMILES string of the molecule is COc1cccc2oc(-c3nc4ccccc4c(=O)n3N=Cc3cc(Cl)c(OCC(=O)Nc4ccc(Cl)cc4)c(Cl)c3)cc12. The van der Waals surface area contributed by atoms with Crippen LogP contribution in [0.2, 0.25) is 15.1 Å². The van der Waals surface area contributed by atoms with Gasteiger partial charge in [0, 0.05) is 10.7 Å². The minimum atomic E-state index is -0.413. The molecule has 44 heavy (non-hydrogen) atoms. The first-order valence-corrected chi connectivity index (χ1v) is 14.2. The Morgan fingerprint density at radius 3 is 2.48 bits per heavy atom. The number of halogens is 3. The van der Waals surface area contributed by atoms with Crippen LogP contribution in [0.5, 0.6) is 11.5 Å². The third kappa shape index (κ3) is 5.98. The molecule has 0 atom stereocenters. The zero-order chi connectivity index (χ0) is 30.8. The zero-order valence-corrected chi connectivity index (χ0v) is 25.2. The van der Waals surface area contributed by atoms with Gasteiger partial charge in [0.05, 0.1) is 39.7 Å². The average Bonchev–Trinajstić information content (AvgIpc) is 3.46. The number of benzene rings is 4. The van der Waals surface area contributed by atoms with Crippen LogP contribution in [-0.2, 0) is 4.79 Å². The molecule has 0 bridgehead atoms. The largest absolute Gasteiger partial charge is 0.496 e. The molecule has 0 saturated carbocycles. The lowest BCUT2D eigenvalue weighted by molar-refractivity contribution is -0.118. The van der Waals surface area contributed by atoms with E-state index in [-0.39, 0.29) is 28.2 Å². The molecule has 9 nitrogen and oxygen atoms in total. The average molecular weight is 648 g/mol. The van der Waals surface area contributed by atoms with Crippen LogP contribution in [0, 0.1) is 0 Å². The Morgan fingerprint density at radius 1 is 0.977 bits per heavy atom. The highest BCUT2D eigenvalue weighted by Crippen LogP contribution is 2.35. The number of para-hydroxylation sites is 1. The number of hydrogen-bond donors (Lipinski definition) is 1. The van der Waals surface area contributed by atoms with Crippen molar-refractivity contribution in [2.45, 2.75) is 0 Å². The Balaban J connectivity index is 1.30. The van der Waals surface area contributed by atoms with E-state index in [0.29, 0.717) is 44.3 Å². The van der Waals surface area contributed by atoms with E-state index in [4.69, 9.17) is 53.7 Å². The number of nitrogens with zero attached hydrogens (tertiary/aromatic N) is 3. The monoisotopic (exact) mass is 646 g/mol. The van der Waals surface area contributed by atoms with Crippen LogP contribution in [-0.4, -0.2) is 35.5 Å². The lowest BCUT2D eigenvalue weighted by atomic mass is 10.2. The number of aromatic nitrogens is 2. The molecule has 0 aliphatic heterocycles. The summed E-state index contributed by atoms with van der Waals surface area (Å²) in [6.07, 6.45) is 1.42. The smallest absolute Gasteiger partial charge is 0.282 e. The molecule has 6 rings (SSSR count). The molecule has 2 heterocycles. The molecule has 6 aromatic rings. The van der Waals surface area contributed by atoms with Crippen molar-refractivity contribution in [3.05, 3.63) is 116 Å². The summed E-state index contributed by atoms with van der Waals surface area (Å²) in [5.41, 5.74) is 1.67. The summed E-state index contributed by atoms with van der Waals surface area (Å²) >= 11 is 18.8. The predicted octanol–water partition coefficient (Wildman–Crippen LogP) is 7.68. The van der Waals surface area contributed by atoms with Gasteiger partial charge in [-0.2, -0.15) is 9.78 Å². The summed E-state index contributed by atoms with van der Waals surface area (Å²) in [4.78, 5) is 30.6. The fraction of sp³-hybridized carbons (Fsp3) is 0.0625. The molecule has 0 fully saturated rings. The number of fused-ring (bicyclic) bond motifs is 2. The standard InChI is InChI=1S/C32H21Cl3N4O5/c1-42-26-7-4-8-27-22(26)15-28(44-27)31-38-25-6-3-2-5-21(25)32(41)39(31)36-16-18-13-23(34)30(24(35)14-18)43-17-29(40)37-20-11-9-19(33)10-12-20/h2-16H,17H2,1H3,(H,37,40). The molecule has 0 saturated heterocycles. The second-order valence-electron chi connectivity index (χ2n) is 9.45. The number of ether oxygens (including phenoxy) is 2. The predicted molar refractivity (Wildman–Crippen MR) is 173 cm³/mol. The maximum absolute atomic E-state index is 13.6. The molecular formula is C32H21Cl3N4O5. The third-order valence-corrected chi connectivity index (χ3v) is 7.35. The maximum Gasteiger partial charge on any atom is 0.282 e. The first-order valence-electron chi connectivity index (χ1n) is 13.1. The van der Waals surface area contributed by atoms with Gasteiger partial charge in [0.1, 0.15) is 11.3 Å². The summed E-state index contributed by atoms with van der Waals surface area (Å²) in [6.45, 7) is -0.334. The topological polar surface area (TPSA) is 108 Å². The minimum Gasteiger partial charge on any atom is -0.496 e. The number of amides is 1. The molecule has 0 aliphatic rings. The summed E-state index contributed by atoms with van der Waals surface area (Å²) in [5.74, 6) is 0.834. The summed E-state index contributed by atoms with van der Waals surface area (Å²) in [5, 5.41) is 9.08. The lowest BCUT2D eigenvalue weighted by Crippen LogP contribution is -2.20. The van der Waals surface area contributed by atoms with Crippen molar-refractivity contribution in [3.63, 3.8) is 0 Å². The number of carbonyl (C=O) groups excluding carboxylic acids is 1. The molecule has 0 aliphatic carbocycles. The van der Waals surface area contributed by atoms with Crippen LogP contribution in [0.15, 0.2) is 99.2 Å². The second kappa shape index (κ2) is 12.4. The zero-order valence-electron chi connectivity index (χ0n) is 22.9. The quantitative estimate of drug-likeness (QED) is 0.170.